The summed E-state index contributed by atoms with van der Waals surface area (Å²) in [6.45, 7) is 10.8. The van der Waals surface area contributed by atoms with Gasteiger partial charge < -0.3 is 18.9 Å². The van der Waals surface area contributed by atoms with Crippen molar-refractivity contribution in [2.24, 2.45) is 33.5 Å². The fraction of sp³-hybridized carbons (Fsp3) is 0.846. The minimum atomic E-state index is -1.02. The van der Waals surface area contributed by atoms with E-state index in [0.29, 0.717) is 18.4 Å². The zero-order valence-corrected chi connectivity index (χ0v) is 22.2. The van der Waals surface area contributed by atoms with E-state index in [0.717, 1.165) is 18.8 Å². The van der Waals surface area contributed by atoms with Gasteiger partial charge in [0.2, 0.25) is 0 Å². The molecule has 194 valence electrons. The summed E-state index contributed by atoms with van der Waals surface area (Å²) in [5.74, 6) is 0.182. The highest BCUT2D eigenvalue weighted by Gasteiger charge is 2.64. The first-order chi connectivity index (χ1) is 15.6. The molecule has 8 heteroatoms. The topological polar surface area (TPSA) is 105 Å². The Balaban J connectivity index is 0.000000299. The lowest BCUT2D eigenvalue weighted by atomic mass is 9.65. The third-order valence-corrected chi connectivity index (χ3v) is 8.34. The molecule has 0 N–H and O–H groups in total. The maximum Gasteiger partial charge on any atom is 0.312 e. The van der Waals surface area contributed by atoms with Gasteiger partial charge in [0.05, 0.1) is 43.0 Å². The largest absolute Gasteiger partial charge is 0.469 e. The van der Waals surface area contributed by atoms with Crippen molar-refractivity contribution in [2.75, 3.05) is 21.3 Å². The van der Waals surface area contributed by atoms with Crippen molar-refractivity contribution >= 4 is 23.9 Å². The molecule has 3 rings (SSSR count). The number of ether oxygens (including phenoxy) is 4. The Morgan fingerprint density at radius 1 is 0.912 bits per heavy atom. The Morgan fingerprint density at radius 2 is 1.44 bits per heavy atom. The Labute approximate surface area is 203 Å². The Bertz CT molecular complexity index is 820. The molecule has 0 radical (unpaired) electrons. The van der Waals surface area contributed by atoms with E-state index < -0.39 is 28.2 Å². The first kappa shape index (κ1) is 28.1. The monoisotopic (exact) mass is 482 g/mol. The normalized spacial score (nSPS) is 30.3. The standard InChI is InChI=1S/C17H30O6.C9H12O2/c1-9-16(4,13(19)22-7)11-17(5,14(20)23-8)10-15(2,3)12(18)21-6;1-9-4-5-2-6(9)7(3-5)11-8(9)10/h9-11H2,1-8H3;5-7H,2-4H2,1H3. The molecule has 6 atom stereocenters. The van der Waals surface area contributed by atoms with Gasteiger partial charge >= 0.3 is 23.9 Å². The van der Waals surface area contributed by atoms with E-state index in [9.17, 15) is 19.2 Å². The van der Waals surface area contributed by atoms with Gasteiger partial charge in [-0.2, -0.15) is 0 Å². The third-order valence-electron chi connectivity index (χ3n) is 8.34. The fourth-order valence-electron chi connectivity index (χ4n) is 6.55. The van der Waals surface area contributed by atoms with Crippen LogP contribution in [0.4, 0.5) is 0 Å². The number of esters is 4. The Hall–Kier alpha value is -2.12. The molecule has 6 unspecified atom stereocenters. The number of methoxy groups -OCH3 is 3. The molecule has 1 heterocycles. The minimum Gasteiger partial charge on any atom is -0.469 e. The second-order valence-electron chi connectivity index (χ2n) is 11.7. The number of carbonyl (C=O) groups is 4. The van der Waals surface area contributed by atoms with Gasteiger partial charge in [-0.15, -0.1) is 0 Å². The second-order valence-corrected chi connectivity index (χ2v) is 11.7. The highest BCUT2D eigenvalue weighted by molar-refractivity contribution is 5.82. The maximum atomic E-state index is 12.4. The molecule has 34 heavy (non-hydrogen) atoms. The van der Waals surface area contributed by atoms with Crippen molar-refractivity contribution in [3.8, 4) is 0 Å². The number of hydrogen-bond donors (Lipinski definition) is 0. The van der Waals surface area contributed by atoms with Crippen LogP contribution in [0.15, 0.2) is 0 Å². The van der Waals surface area contributed by atoms with Gasteiger partial charge in [-0.1, -0.05) is 6.92 Å². The summed E-state index contributed by atoms with van der Waals surface area (Å²) in [5, 5.41) is 0. The minimum absolute atomic E-state index is 0.0758. The van der Waals surface area contributed by atoms with Crippen LogP contribution in [0.2, 0.25) is 0 Å². The van der Waals surface area contributed by atoms with Crippen LogP contribution in [-0.4, -0.2) is 51.3 Å². The van der Waals surface area contributed by atoms with Gasteiger partial charge in [-0.05, 0) is 79.1 Å². The predicted molar refractivity (Wildman–Crippen MR) is 124 cm³/mol. The molecule has 0 aromatic carbocycles. The lowest BCUT2D eigenvalue weighted by Crippen LogP contribution is -2.43. The van der Waals surface area contributed by atoms with Crippen LogP contribution in [-0.2, 0) is 38.1 Å². The lowest BCUT2D eigenvalue weighted by Gasteiger charge is -2.39. The predicted octanol–water partition coefficient (Wildman–Crippen LogP) is 4.08. The average Bonchev–Trinajstić information content (AvgIpc) is 3.37. The summed E-state index contributed by atoms with van der Waals surface area (Å²) in [6, 6.07) is 0. The Kier molecular flexibility index (Phi) is 8.15. The number of rotatable bonds is 8. The summed E-state index contributed by atoms with van der Waals surface area (Å²) in [5.41, 5.74) is -2.83. The van der Waals surface area contributed by atoms with Crippen molar-refractivity contribution in [3.05, 3.63) is 0 Å². The first-order valence-electron chi connectivity index (χ1n) is 12.1. The van der Waals surface area contributed by atoms with E-state index in [4.69, 9.17) is 18.9 Å². The summed E-state index contributed by atoms with van der Waals surface area (Å²) < 4.78 is 19.9. The maximum absolute atomic E-state index is 12.4. The van der Waals surface area contributed by atoms with E-state index in [1.54, 1.807) is 27.7 Å². The molecule has 0 spiro atoms. The fourth-order valence-corrected chi connectivity index (χ4v) is 6.55. The van der Waals surface area contributed by atoms with Crippen LogP contribution in [0.25, 0.3) is 0 Å². The first-order valence-corrected chi connectivity index (χ1v) is 12.1. The van der Waals surface area contributed by atoms with Gasteiger partial charge in [-0.25, -0.2) is 0 Å². The lowest BCUT2D eigenvalue weighted by molar-refractivity contribution is -0.165. The number of fused-ring (bicyclic) bond motifs is 1. The van der Waals surface area contributed by atoms with E-state index in [2.05, 4.69) is 6.92 Å². The highest BCUT2D eigenvalue weighted by atomic mass is 16.6. The van der Waals surface area contributed by atoms with Crippen LogP contribution in [0.5, 0.6) is 0 Å². The molecule has 3 aliphatic rings. The summed E-state index contributed by atoms with van der Waals surface area (Å²) >= 11 is 0. The second kappa shape index (κ2) is 9.86. The summed E-state index contributed by atoms with van der Waals surface area (Å²) in [6.07, 6.45) is 4.70. The van der Waals surface area contributed by atoms with Crippen molar-refractivity contribution in [2.45, 2.75) is 86.2 Å². The molecule has 8 nitrogen and oxygen atoms in total. The molecule has 3 fully saturated rings. The number of hydrogen-bond acceptors (Lipinski definition) is 8. The van der Waals surface area contributed by atoms with E-state index >= 15 is 0 Å². The van der Waals surface area contributed by atoms with Crippen LogP contribution < -0.4 is 0 Å². The third kappa shape index (κ3) is 5.10. The molecular formula is C26H42O8. The smallest absolute Gasteiger partial charge is 0.312 e. The summed E-state index contributed by atoms with van der Waals surface area (Å²) in [7, 11) is 3.93. The van der Waals surface area contributed by atoms with Crippen LogP contribution in [0.1, 0.15) is 80.1 Å². The molecule has 1 saturated heterocycles. The molecule has 2 bridgehead atoms. The summed E-state index contributed by atoms with van der Waals surface area (Å²) in [4.78, 5) is 47.9. The van der Waals surface area contributed by atoms with Gasteiger partial charge in [0, 0.05) is 5.92 Å². The molecular weight excluding hydrogens is 440 g/mol. The van der Waals surface area contributed by atoms with Crippen molar-refractivity contribution in [3.63, 3.8) is 0 Å². The quantitative estimate of drug-likeness (QED) is 0.376. The number of carbonyl (C=O) groups excluding carboxylic acids is 4. The molecule has 0 aromatic heterocycles. The van der Waals surface area contributed by atoms with Crippen molar-refractivity contribution < 1.29 is 38.1 Å². The van der Waals surface area contributed by atoms with E-state index in [-0.39, 0.29) is 30.2 Å². The van der Waals surface area contributed by atoms with E-state index in [1.807, 2.05) is 6.92 Å². The van der Waals surface area contributed by atoms with Gasteiger partial charge in [-0.3, -0.25) is 19.2 Å². The molecule has 2 aliphatic carbocycles. The SMILES string of the molecule is CC12CC3CC(OC1=O)C2C3.CCC(C)(CC(C)(CC(C)(C)C(=O)OC)C(=O)OC)C(=O)OC. The van der Waals surface area contributed by atoms with Gasteiger partial charge in [0.1, 0.15) is 6.10 Å². The zero-order valence-electron chi connectivity index (χ0n) is 22.2. The highest BCUT2D eigenvalue weighted by Crippen LogP contribution is 2.61. The Morgan fingerprint density at radius 3 is 1.85 bits per heavy atom. The molecule has 1 aliphatic heterocycles. The van der Waals surface area contributed by atoms with Crippen LogP contribution in [0, 0.1) is 33.5 Å². The van der Waals surface area contributed by atoms with Crippen molar-refractivity contribution in [1.29, 1.82) is 0 Å². The molecule has 0 amide bonds. The van der Waals surface area contributed by atoms with Crippen LogP contribution >= 0.6 is 0 Å². The van der Waals surface area contributed by atoms with E-state index in [1.165, 1.54) is 27.8 Å². The average molecular weight is 483 g/mol. The zero-order chi connectivity index (χ0) is 26.1. The molecule has 0 aromatic rings. The van der Waals surface area contributed by atoms with Gasteiger partial charge in [0.25, 0.3) is 0 Å². The molecule has 2 saturated carbocycles. The van der Waals surface area contributed by atoms with Gasteiger partial charge in [0.15, 0.2) is 0 Å². The van der Waals surface area contributed by atoms with Crippen molar-refractivity contribution in [1.82, 2.24) is 0 Å². The van der Waals surface area contributed by atoms with Crippen LogP contribution in [0.3, 0.4) is 0 Å².